The van der Waals surface area contributed by atoms with Gasteiger partial charge in [-0.25, -0.2) is 4.99 Å². The molecular weight excluding hydrogens is 406 g/mol. The second kappa shape index (κ2) is 13.1. The Kier molecular flexibility index (Phi) is 10.5. The molecule has 1 fully saturated rings. The molecule has 1 aromatic rings. The molecule has 7 nitrogen and oxygen atoms in total. The summed E-state index contributed by atoms with van der Waals surface area (Å²) in [7, 11) is 3.12. The molecule has 1 amide bonds. The van der Waals surface area contributed by atoms with E-state index in [2.05, 4.69) is 24.2 Å². The molecule has 1 aromatic carbocycles. The van der Waals surface area contributed by atoms with Crippen LogP contribution in [0.25, 0.3) is 0 Å². The highest BCUT2D eigenvalue weighted by Gasteiger charge is 2.24. The van der Waals surface area contributed by atoms with Gasteiger partial charge < -0.3 is 15.2 Å². The molecule has 0 aliphatic heterocycles. The fourth-order valence-corrected chi connectivity index (χ4v) is 4.13. The second-order valence-electron chi connectivity index (χ2n) is 9.11. The van der Waals surface area contributed by atoms with Gasteiger partial charge in [0.15, 0.2) is 11.7 Å². The van der Waals surface area contributed by atoms with Gasteiger partial charge in [-0.05, 0) is 42.4 Å². The first kappa shape index (κ1) is 25.7. The number of carbonyl (C=O) groups is 2. The van der Waals surface area contributed by atoms with Gasteiger partial charge in [0.25, 0.3) is 0 Å². The van der Waals surface area contributed by atoms with Crippen molar-refractivity contribution in [1.29, 1.82) is 0 Å². The van der Waals surface area contributed by atoms with Gasteiger partial charge in [-0.3, -0.25) is 14.9 Å². The Morgan fingerprint density at radius 2 is 1.72 bits per heavy atom. The topological polar surface area (TPSA) is 103 Å². The lowest BCUT2D eigenvalue weighted by atomic mass is 9.83. The molecule has 1 atom stereocenters. The maximum Gasteiger partial charge on any atom is 0.231 e. The van der Waals surface area contributed by atoms with Gasteiger partial charge >= 0.3 is 0 Å². The Labute approximate surface area is 192 Å². The fraction of sp³-hybridized carbons (Fsp3) is 0.640. The third-order valence-corrected chi connectivity index (χ3v) is 5.96. The quantitative estimate of drug-likeness (QED) is 0.395. The van der Waals surface area contributed by atoms with Crippen LogP contribution in [0.3, 0.4) is 0 Å². The molecule has 7 heteroatoms. The minimum atomic E-state index is -0.492. The van der Waals surface area contributed by atoms with Gasteiger partial charge in [0.2, 0.25) is 5.91 Å². The van der Waals surface area contributed by atoms with Crippen LogP contribution in [0.2, 0.25) is 0 Å². The van der Waals surface area contributed by atoms with Crippen molar-refractivity contribution in [2.75, 3.05) is 14.2 Å². The zero-order valence-corrected chi connectivity index (χ0v) is 20.0. The molecule has 0 unspecified atom stereocenters. The first-order valence-corrected chi connectivity index (χ1v) is 11.7. The lowest BCUT2D eigenvalue weighted by molar-refractivity contribution is -0.121. The summed E-state index contributed by atoms with van der Waals surface area (Å²) in [5, 5.41) is 2.65. The first-order valence-electron chi connectivity index (χ1n) is 11.7. The predicted molar refractivity (Wildman–Crippen MR) is 127 cm³/mol. The summed E-state index contributed by atoms with van der Waals surface area (Å²) < 4.78 is 10.5. The van der Waals surface area contributed by atoms with E-state index in [0.717, 1.165) is 24.8 Å². The number of nitrogens with zero attached hydrogens (tertiary/aromatic N) is 1. The number of Topliss-reactive ketones (excluding diaryl/α,β-unsaturated/α-hetero) is 1. The molecule has 178 valence electrons. The van der Waals surface area contributed by atoms with Crippen LogP contribution < -0.4 is 20.5 Å². The van der Waals surface area contributed by atoms with Crippen LogP contribution in [0.4, 0.5) is 0 Å². The van der Waals surface area contributed by atoms with E-state index in [1.165, 1.54) is 19.3 Å². The number of ether oxygens (including phenoxy) is 2. The van der Waals surface area contributed by atoms with E-state index in [1.807, 2.05) is 0 Å². The normalized spacial score (nSPS) is 16.0. The Bertz CT molecular complexity index is 763. The van der Waals surface area contributed by atoms with Gasteiger partial charge in [0.1, 0.15) is 17.5 Å². The van der Waals surface area contributed by atoms with E-state index in [0.29, 0.717) is 36.2 Å². The van der Waals surface area contributed by atoms with Crippen LogP contribution in [-0.4, -0.2) is 37.9 Å². The zero-order chi connectivity index (χ0) is 23.5. The van der Waals surface area contributed by atoms with Crippen LogP contribution in [0.5, 0.6) is 11.5 Å². The van der Waals surface area contributed by atoms with Crippen LogP contribution >= 0.6 is 0 Å². The Morgan fingerprint density at radius 1 is 1.09 bits per heavy atom. The number of ketones is 1. The maximum atomic E-state index is 12.9. The Morgan fingerprint density at radius 3 is 2.28 bits per heavy atom. The number of rotatable bonds is 11. The van der Waals surface area contributed by atoms with Crippen LogP contribution in [0.1, 0.15) is 70.8 Å². The molecule has 2 rings (SSSR count). The molecule has 0 radical (unpaired) electrons. The largest absolute Gasteiger partial charge is 0.497 e. The van der Waals surface area contributed by atoms with Gasteiger partial charge in [-0.2, -0.15) is 0 Å². The van der Waals surface area contributed by atoms with Gasteiger partial charge in [0, 0.05) is 12.5 Å². The monoisotopic (exact) mass is 445 g/mol. The number of hydrogen-bond donors (Lipinski definition) is 2. The molecule has 1 aliphatic rings. The Balaban J connectivity index is 2.04. The number of methoxy groups -OCH3 is 2. The highest BCUT2D eigenvalue weighted by molar-refractivity contribution is 5.98. The number of nitrogens with two attached hydrogens (primary N) is 1. The molecule has 0 aromatic heterocycles. The summed E-state index contributed by atoms with van der Waals surface area (Å²) in [5.41, 5.74) is 6.79. The molecule has 1 saturated carbocycles. The molecular formula is C25H39N3O4. The molecule has 32 heavy (non-hydrogen) atoms. The predicted octanol–water partition coefficient (Wildman–Crippen LogP) is 4.02. The van der Waals surface area contributed by atoms with Crippen molar-refractivity contribution in [3.05, 3.63) is 23.8 Å². The van der Waals surface area contributed by atoms with Crippen molar-refractivity contribution in [3.8, 4) is 11.5 Å². The lowest BCUT2D eigenvalue weighted by Crippen LogP contribution is -2.40. The smallest absolute Gasteiger partial charge is 0.231 e. The van der Waals surface area contributed by atoms with Crippen LogP contribution in [0.15, 0.2) is 23.2 Å². The van der Waals surface area contributed by atoms with Gasteiger partial charge in [-0.15, -0.1) is 0 Å². The second-order valence-corrected chi connectivity index (χ2v) is 9.11. The number of guanidine groups is 1. The average Bonchev–Trinajstić information content (AvgIpc) is 2.77. The average molecular weight is 446 g/mol. The summed E-state index contributed by atoms with van der Waals surface area (Å²) in [4.78, 5) is 29.9. The van der Waals surface area contributed by atoms with Crippen molar-refractivity contribution >= 4 is 17.6 Å². The van der Waals surface area contributed by atoms with Crippen molar-refractivity contribution < 1.29 is 19.1 Å². The summed E-state index contributed by atoms with van der Waals surface area (Å²) in [6, 6.07) is 4.80. The lowest BCUT2D eigenvalue weighted by Gasteiger charge is -2.24. The maximum absolute atomic E-state index is 12.9. The minimum absolute atomic E-state index is 0.00330. The van der Waals surface area contributed by atoms with E-state index < -0.39 is 6.04 Å². The molecule has 0 bridgehead atoms. The van der Waals surface area contributed by atoms with Crippen molar-refractivity contribution in [3.63, 3.8) is 0 Å². The number of carbonyl (C=O) groups excluding carboxylic acids is 2. The number of amides is 1. The van der Waals surface area contributed by atoms with E-state index in [9.17, 15) is 9.59 Å². The van der Waals surface area contributed by atoms with Gasteiger partial charge in [0.05, 0.1) is 20.6 Å². The summed E-state index contributed by atoms with van der Waals surface area (Å²) in [6.45, 7) is 4.21. The van der Waals surface area contributed by atoms with Crippen molar-refractivity contribution in [1.82, 2.24) is 5.32 Å². The fourth-order valence-electron chi connectivity index (χ4n) is 4.13. The van der Waals surface area contributed by atoms with Crippen LogP contribution in [-0.2, 0) is 16.0 Å². The SMILES string of the molecule is COc1cc(CC(=O)NC(N)=N[C@H](CC2CCCCC2)C(=O)CCC(C)C)cc(OC)c1. The number of benzene rings is 1. The molecule has 0 saturated heterocycles. The zero-order valence-electron chi connectivity index (χ0n) is 20.0. The molecule has 0 heterocycles. The Hall–Kier alpha value is -2.57. The standard InChI is InChI=1S/C25H39N3O4/c1-17(2)10-11-23(29)22(14-18-8-6-5-7-9-18)27-25(26)28-24(30)15-19-12-20(31-3)16-21(13-19)32-4/h12-13,16-18,22H,5-11,14-15H2,1-4H3,(H3,26,27,28,30)/t22-/m1/s1. The van der Waals surface area contributed by atoms with E-state index >= 15 is 0 Å². The molecule has 3 N–H and O–H groups in total. The number of hydrogen-bond acceptors (Lipinski definition) is 5. The van der Waals surface area contributed by atoms with Crippen molar-refractivity contribution in [2.45, 2.75) is 77.7 Å². The third-order valence-electron chi connectivity index (χ3n) is 5.96. The highest BCUT2D eigenvalue weighted by atomic mass is 16.5. The van der Waals surface area contributed by atoms with Gasteiger partial charge in [-0.1, -0.05) is 46.0 Å². The number of nitrogens with one attached hydrogen (secondary N) is 1. The van der Waals surface area contributed by atoms with E-state index in [4.69, 9.17) is 15.2 Å². The van der Waals surface area contributed by atoms with E-state index in [-0.39, 0.29) is 24.1 Å². The molecule has 0 spiro atoms. The highest BCUT2D eigenvalue weighted by Crippen LogP contribution is 2.29. The summed E-state index contributed by atoms with van der Waals surface area (Å²) in [6.07, 6.45) is 8.07. The summed E-state index contributed by atoms with van der Waals surface area (Å²) in [5.74, 6) is 1.98. The number of aliphatic imine (C=N–C) groups is 1. The van der Waals surface area contributed by atoms with Crippen molar-refractivity contribution in [2.24, 2.45) is 22.6 Å². The molecule has 1 aliphatic carbocycles. The van der Waals surface area contributed by atoms with E-state index in [1.54, 1.807) is 32.4 Å². The summed E-state index contributed by atoms with van der Waals surface area (Å²) >= 11 is 0. The first-order chi connectivity index (χ1) is 15.3. The van der Waals surface area contributed by atoms with Crippen LogP contribution in [0, 0.1) is 11.8 Å². The third kappa shape index (κ3) is 8.89. The minimum Gasteiger partial charge on any atom is -0.497 e.